The summed E-state index contributed by atoms with van der Waals surface area (Å²) in [6, 6.07) is -0.535. The largest absolute Gasteiger partial charge is 0.466 e. The van der Waals surface area contributed by atoms with E-state index >= 15 is 0 Å². The quantitative estimate of drug-likeness (QED) is 0.0320. The van der Waals surface area contributed by atoms with Crippen LogP contribution in [-0.4, -0.2) is 47.4 Å². The van der Waals surface area contributed by atoms with Crippen molar-refractivity contribution < 1.29 is 24.5 Å². The molecule has 6 heteroatoms. The summed E-state index contributed by atoms with van der Waals surface area (Å²) in [5.41, 5.74) is 0. The third kappa shape index (κ3) is 59.6. The van der Waals surface area contributed by atoms with Gasteiger partial charge in [-0.3, -0.25) is 9.59 Å². The van der Waals surface area contributed by atoms with Gasteiger partial charge in [0.15, 0.2) is 0 Å². The Kier molecular flexibility index (Phi) is 62.4. The van der Waals surface area contributed by atoms with Gasteiger partial charge in [0.2, 0.25) is 5.91 Å². The molecule has 6 nitrogen and oxygen atoms in total. The number of unbranched alkanes of at least 4 members (excludes halogenated alkanes) is 48. The number of hydrogen-bond donors (Lipinski definition) is 3. The van der Waals surface area contributed by atoms with Crippen LogP contribution in [0.2, 0.25) is 0 Å². The van der Waals surface area contributed by atoms with Gasteiger partial charge in [-0.05, 0) is 57.8 Å². The molecule has 0 aromatic carbocycles. The van der Waals surface area contributed by atoms with E-state index in [2.05, 4.69) is 43.5 Å². The monoisotopic (exact) mass is 1040 g/mol. The summed E-state index contributed by atoms with van der Waals surface area (Å²) in [6.45, 7) is 4.93. The lowest BCUT2D eigenvalue weighted by molar-refractivity contribution is -0.143. The summed E-state index contributed by atoms with van der Waals surface area (Å²) in [5, 5.41) is 23.1. The lowest BCUT2D eigenvalue weighted by Crippen LogP contribution is -2.45. The molecule has 74 heavy (non-hydrogen) atoms. The fourth-order valence-corrected chi connectivity index (χ4v) is 10.6. The van der Waals surface area contributed by atoms with Crippen LogP contribution in [0, 0.1) is 0 Å². The van der Waals surface area contributed by atoms with Gasteiger partial charge in [-0.1, -0.05) is 327 Å². The lowest BCUT2D eigenvalue weighted by Gasteiger charge is -2.22. The first-order valence-corrected chi connectivity index (χ1v) is 33.6. The maximum atomic E-state index is 12.4. The van der Waals surface area contributed by atoms with Crippen LogP contribution in [0.5, 0.6) is 0 Å². The van der Waals surface area contributed by atoms with Gasteiger partial charge in [0.05, 0.1) is 25.4 Å². The van der Waals surface area contributed by atoms with Crippen molar-refractivity contribution in [2.75, 3.05) is 13.2 Å². The Morgan fingerprint density at radius 2 is 0.676 bits per heavy atom. The van der Waals surface area contributed by atoms with E-state index in [1.165, 1.54) is 289 Å². The molecule has 0 saturated carbocycles. The molecule has 0 fully saturated rings. The number of nitrogens with one attached hydrogen (secondary N) is 1. The van der Waals surface area contributed by atoms with Crippen LogP contribution < -0.4 is 5.32 Å². The minimum atomic E-state index is -0.658. The minimum Gasteiger partial charge on any atom is -0.466 e. The molecule has 0 saturated heterocycles. The molecule has 0 bridgehead atoms. The maximum Gasteiger partial charge on any atom is 0.305 e. The van der Waals surface area contributed by atoms with Crippen LogP contribution in [0.15, 0.2) is 24.3 Å². The highest BCUT2D eigenvalue weighted by Crippen LogP contribution is 2.19. The van der Waals surface area contributed by atoms with Crippen LogP contribution >= 0.6 is 0 Å². The molecule has 0 spiro atoms. The molecule has 0 aliphatic rings. The van der Waals surface area contributed by atoms with Crippen LogP contribution in [0.3, 0.4) is 0 Å². The average Bonchev–Trinajstić information content (AvgIpc) is 3.40. The number of carbonyl (C=O) groups is 2. The van der Waals surface area contributed by atoms with Crippen molar-refractivity contribution in [2.45, 2.75) is 386 Å². The third-order valence-corrected chi connectivity index (χ3v) is 15.8. The third-order valence-electron chi connectivity index (χ3n) is 15.8. The normalized spacial score (nSPS) is 12.6. The minimum absolute atomic E-state index is 0.00800. The molecule has 0 rings (SSSR count). The molecule has 3 N–H and O–H groups in total. The van der Waals surface area contributed by atoms with Crippen molar-refractivity contribution >= 4 is 11.9 Å². The Labute approximate surface area is 462 Å². The second-order valence-corrected chi connectivity index (χ2v) is 23.2. The lowest BCUT2D eigenvalue weighted by atomic mass is 10.0. The van der Waals surface area contributed by atoms with E-state index in [4.69, 9.17) is 4.74 Å². The molecule has 438 valence electrons. The van der Waals surface area contributed by atoms with Crippen molar-refractivity contribution in [3.63, 3.8) is 0 Å². The summed E-state index contributed by atoms with van der Waals surface area (Å²) in [4.78, 5) is 24.5. The van der Waals surface area contributed by atoms with Crippen LogP contribution in [0.1, 0.15) is 373 Å². The molecule has 2 unspecified atom stereocenters. The van der Waals surface area contributed by atoms with Crippen molar-refractivity contribution in [1.82, 2.24) is 5.32 Å². The fraction of sp³-hybridized carbons (Fsp3) is 0.912. The predicted molar refractivity (Wildman–Crippen MR) is 324 cm³/mol. The smallest absolute Gasteiger partial charge is 0.305 e. The number of esters is 1. The highest BCUT2D eigenvalue weighted by Gasteiger charge is 2.20. The summed E-state index contributed by atoms with van der Waals surface area (Å²) in [6.07, 6.45) is 79.5. The van der Waals surface area contributed by atoms with Gasteiger partial charge >= 0.3 is 5.97 Å². The standard InChI is InChI=1S/C68H131NO5/c1-3-5-7-9-11-13-14-15-16-36-39-42-46-50-54-58-62-68(73)74-63-59-55-51-47-43-40-37-34-32-30-28-26-24-22-20-18-17-19-21-23-25-27-29-31-33-35-38-41-45-49-53-57-61-67(72)69-65(64-70)66(71)60-56-52-48-44-12-10-8-6-4-2/h13-14,16,36,65-66,70-71H,3-12,15,17-35,37-64H2,1-2H3,(H,69,72)/b14-13-,36-16-. The number of hydrogen-bond acceptors (Lipinski definition) is 5. The highest BCUT2D eigenvalue weighted by molar-refractivity contribution is 5.76. The Balaban J connectivity index is 3.29. The molecule has 0 aromatic heterocycles. The average molecular weight is 1040 g/mol. The van der Waals surface area contributed by atoms with Crippen molar-refractivity contribution in [2.24, 2.45) is 0 Å². The van der Waals surface area contributed by atoms with Gasteiger partial charge < -0.3 is 20.3 Å². The van der Waals surface area contributed by atoms with Gasteiger partial charge in [0.25, 0.3) is 0 Å². The highest BCUT2D eigenvalue weighted by atomic mass is 16.5. The van der Waals surface area contributed by atoms with Crippen molar-refractivity contribution in [1.29, 1.82) is 0 Å². The Hall–Kier alpha value is -1.66. The summed E-state index contributed by atoms with van der Waals surface area (Å²) in [5.74, 6) is -0.0234. The van der Waals surface area contributed by atoms with E-state index in [1.54, 1.807) is 0 Å². The SMILES string of the molecule is CCCCCC/C=C\C/C=C\CCCCCCCC(=O)OCCCCCCCCCCCCCCCCCCCCCCCCCCCCCCCCCCC(=O)NC(CO)C(O)CCCCCCCCCCC. The first-order chi connectivity index (χ1) is 36.5. The molecule has 0 heterocycles. The van der Waals surface area contributed by atoms with E-state index in [-0.39, 0.29) is 18.5 Å². The fourth-order valence-electron chi connectivity index (χ4n) is 10.6. The topological polar surface area (TPSA) is 95.9 Å². The molecule has 1 amide bonds. The number of rotatable bonds is 63. The van der Waals surface area contributed by atoms with E-state index < -0.39 is 12.1 Å². The second-order valence-electron chi connectivity index (χ2n) is 23.2. The number of carbonyl (C=O) groups excluding carboxylic acids is 2. The van der Waals surface area contributed by atoms with E-state index in [0.717, 1.165) is 51.4 Å². The second kappa shape index (κ2) is 63.9. The van der Waals surface area contributed by atoms with Crippen molar-refractivity contribution in [3.05, 3.63) is 24.3 Å². The Morgan fingerprint density at radius 3 is 1.04 bits per heavy atom. The zero-order chi connectivity index (χ0) is 53.6. The number of allylic oxidation sites excluding steroid dienone is 4. The van der Waals surface area contributed by atoms with E-state index in [1.807, 2.05) is 0 Å². The van der Waals surface area contributed by atoms with Gasteiger partial charge in [0.1, 0.15) is 0 Å². The molecular formula is C68H131NO5. The Morgan fingerprint density at radius 1 is 0.378 bits per heavy atom. The number of aliphatic hydroxyl groups is 2. The van der Waals surface area contributed by atoms with Crippen LogP contribution in [0.4, 0.5) is 0 Å². The molecule has 0 aliphatic heterocycles. The van der Waals surface area contributed by atoms with Gasteiger partial charge in [0, 0.05) is 12.8 Å². The molecular weight excluding hydrogens is 911 g/mol. The zero-order valence-electron chi connectivity index (χ0n) is 50.1. The number of aliphatic hydroxyl groups excluding tert-OH is 2. The maximum absolute atomic E-state index is 12.4. The Bertz CT molecular complexity index is 1150. The van der Waals surface area contributed by atoms with Gasteiger partial charge in [-0.15, -0.1) is 0 Å². The van der Waals surface area contributed by atoms with Gasteiger partial charge in [-0.25, -0.2) is 0 Å². The zero-order valence-corrected chi connectivity index (χ0v) is 50.1. The predicted octanol–water partition coefficient (Wildman–Crippen LogP) is 21.4. The number of ether oxygens (including phenoxy) is 1. The van der Waals surface area contributed by atoms with E-state index in [9.17, 15) is 19.8 Å². The summed E-state index contributed by atoms with van der Waals surface area (Å²) >= 11 is 0. The summed E-state index contributed by atoms with van der Waals surface area (Å²) < 4.78 is 5.49. The molecule has 0 aliphatic carbocycles. The first-order valence-electron chi connectivity index (χ1n) is 33.6. The first kappa shape index (κ1) is 72.3. The summed E-state index contributed by atoms with van der Waals surface area (Å²) in [7, 11) is 0. The van der Waals surface area contributed by atoms with Crippen molar-refractivity contribution in [3.8, 4) is 0 Å². The number of amides is 1. The van der Waals surface area contributed by atoms with Crippen LogP contribution in [-0.2, 0) is 14.3 Å². The van der Waals surface area contributed by atoms with E-state index in [0.29, 0.717) is 25.9 Å². The molecule has 0 radical (unpaired) electrons. The van der Waals surface area contributed by atoms with Gasteiger partial charge in [-0.2, -0.15) is 0 Å². The van der Waals surface area contributed by atoms with Crippen LogP contribution in [0.25, 0.3) is 0 Å². The molecule has 0 aromatic rings. The molecule has 2 atom stereocenters.